The van der Waals surface area contributed by atoms with Crippen LogP contribution in [0.3, 0.4) is 0 Å². The SMILES string of the molecule is COC(=O)C[C@H]1OC(C)(C)O[C@@H]1c1ccccc1. The zero-order valence-corrected chi connectivity index (χ0v) is 10.9. The summed E-state index contributed by atoms with van der Waals surface area (Å²) in [7, 11) is 1.38. The number of benzene rings is 1. The molecule has 0 N–H and O–H groups in total. The molecule has 2 rings (SSSR count). The average Bonchev–Trinajstić information content (AvgIpc) is 2.65. The fourth-order valence-corrected chi connectivity index (χ4v) is 2.16. The molecule has 98 valence electrons. The summed E-state index contributed by atoms with van der Waals surface area (Å²) in [6.45, 7) is 3.69. The highest BCUT2D eigenvalue weighted by Crippen LogP contribution is 2.39. The second kappa shape index (κ2) is 5.08. The lowest BCUT2D eigenvalue weighted by Gasteiger charge is -2.16. The van der Waals surface area contributed by atoms with E-state index in [2.05, 4.69) is 0 Å². The van der Waals surface area contributed by atoms with E-state index >= 15 is 0 Å². The number of hydrogen-bond acceptors (Lipinski definition) is 4. The molecule has 1 aromatic rings. The molecule has 0 amide bonds. The summed E-state index contributed by atoms with van der Waals surface area (Å²) in [6, 6.07) is 9.78. The standard InChI is InChI=1S/C14H18O4/c1-14(2)17-11(9-12(15)16-3)13(18-14)10-7-5-4-6-8-10/h4-8,11,13H,9H2,1-3H3/t11-,13-/m1/s1. The molecule has 18 heavy (non-hydrogen) atoms. The lowest BCUT2D eigenvalue weighted by molar-refractivity contribution is -0.154. The van der Waals surface area contributed by atoms with E-state index in [1.54, 1.807) is 0 Å². The van der Waals surface area contributed by atoms with Gasteiger partial charge in [-0.1, -0.05) is 30.3 Å². The maximum Gasteiger partial charge on any atom is 0.308 e. The topological polar surface area (TPSA) is 44.8 Å². The Labute approximate surface area is 107 Å². The van der Waals surface area contributed by atoms with E-state index in [9.17, 15) is 4.79 Å². The van der Waals surface area contributed by atoms with Crippen molar-refractivity contribution in [2.24, 2.45) is 0 Å². The minimum absolute atomic E-state index is 0.194. The van der Waals surface area contributed by atoms with Gasteiger partial charge in [-0.05, 0) is 19.4 Å². The summed E-state index contributed by atoms with van der Waals surface area (Å²) in [5, 5.41) is 0. The van der Waals surface area contributed by atoms with Crippen molar-refractivity contribution in [3.63, 3.8) is 0 Å². The number of esters is 1. The molecule has 0 aliphatic carbocycles. The third-order valence-corrected chi connectivity index (χ3v) is 2.91. The monoisotopic (exact) mass is 250 g/mol. The third-order valence-electron chi connectivity index (χ3n) is 2.91. The van der Waals surface area contributed by atoms with Gasteiger partial charge in [0.1, 0.15) is 12.2 Å². The van der Waals surface area contributed by atoms with E-state index in [-0.39, 0.29) is 24.6 Å². The van der Waals surface area contributed by atoms with Crippen molar-refractivity contribution in [2.45, 2.75) is 38.3 Å². The van der Waals surface area contributed by atoms with Crippen LogP contribution < -0.4 is 0 Å². The first-order valence-electron chi connectivity index (χ1n) is 5.99. The molecule has 1 saturated heterocycles. The minimum atomic E-state index is -0.681. The van der Waals surface area contributed by atoms with Gasteiger partial charge in [-0.3, -0.25) is 4.79 Å². The van der Waals surface area contributed by atoms with Crippen LogP contribution >= 0.6 is 0 Å². The lowest BCUT2D eigenvalue weighted by Crippen LogP contribution is -2.23. The fraction of sp³-hybridized carbons (Fsp3) is 0.500. The van der Waals surface area contributed by atoms with Crippen molar-refractivity contribution < 1.29 is 19.0 Å². The molecule has 0 radical (unpaired) electrons. The van der Waals surface area contributed by atoms with Crippen LogP contribution in [0.1, 0.15) is 31.9 Å². The van der Waals surface area contributed by atoms with E-state index in [0.29, 0.717) is 0 Å². The Morgan fingerprint density at radius 2 is 1.94 bits per heavy atom. The molecule has 0 bridgehead atoms. The molecule has 1 aliphatic heterocycles. The highest BCUT2D eigenvalue weighted by Gasteiger charge is 2.42. The predicted octanol–water partition coefficient (Wildman–Crippen LogP) is 2.44. The van der Waals surface area contributed by atoms with Crippen molar-refractivity contribution >= 4 is 5.97 Å². The largest absolute Gasteiger partial charge is 0.469 e. The highest BCUT2D eigenvalue weighted by atomic mass is 16.8. The molecule has 1 aliphatic rings. The zero-order chi connectivity index (χ0) is 13.2. The van der Waals surface area contributed by atoms with E-state index < -0.39 is 5.79 Å². The van der Waals surface area contributed by atoms with Crippen molar-refractivity contribution in [2.75, 3.05) is 7.11 Å². The van der Waals surface area contributed by atoms with E-state index in [1.807, 2.05) is 44.2 Å². The van der Waals surface area contributed by atoms with Crippen LogP contribution in [0.15, 0.2) is 30.3 Å². The Hall–Kier alpha value is -1.39. The van der Waals surface area contributed by atoms with E-state index in [1.165, 1.54) is 7.11 Å². The molecule has 4 nitrogen and oxygen atoms in total. The maximum absolute atomic E-state index is 11.4. The van der Waals surface area contributed by atoms with Gasteiger partial charge in [0.25, 0.3) is 0 Å². The average molecular weight is 250 g/mol. The number of ether oxygens (including phenoxy) is 3. The summed E-state index contributed by atoms with van der Waals surface area (Å²) in [5.74, 6) is -0.971. The third kappa shape index (κ3) is 2.89. The van der Waals surface area contributed by atoms with Gasteiger partial charge in [-0.15, -0.1) is 0 Å². The second-order valence-electron chi connectivity index (χ2n) is 4.79. The summed E-state index contributed by atoms with van der Waals surface area (Å²) < 4.78 is 16.3. The molecule has 2 atom stereocenters. The van der Waals surface area contributed by atoms with Crippen LogP contribution in [0.2, 0.25) is 0 Å². The van der Waals surface area contributed by atoms with Gasteiger partial charge >= 0.3 is 5.97 Å². The molecule has 1 heterocycles. The molecule has 0 spiro atoms. The molecule has 0 saturated carbocycles. The first-order chi connectivity index (χ1) is 8.52. The van der Waals surface area contributed by atoms with Crippen LogP contribution in [0.5, 0.6) is 0 Å². The summed E-state index contributed by atoms with van der Waals surface area (Å²) in [4.78, 5) is 11.4. The maximum atomic E-state index is 11.4. The van der Waals surface area contributed by atoms with Gasteiger partial charge in [0.05, 0.1) is 13.5 Å². The molecule has 1 aromatic carbocycles. The first-order valence-corrected chi connectivity index (χ1v) is 5.99. The van der Waals surface area contributed by atoms with Crippen molar-refractivity contribution in [3.8, 4) is 0 Å². The molecule has 4 heteroatoms. The zero-order valence-electron chi connectivity index (χ0n) is 10.9. The lowest BCUT2D eigenvalue weighted by atomic mass is 10.0. The number of carbonyl (C=O) groups excluding carboxylic acids is 1. The molecule has 0 unspecified atom stereocenters. The number of rotatable bonds is 3. The van der Waals surface area contributed by atoms with Crippen molar-refractivity contribution in [3.05, 3.63) is 35.9 Å². The molecule has 0 aromatic heterocycles. The van der Waals surface area contributed by atoms with Gasteiger partial charge in [0.2, 0.25) is 0 Å². The highest BCUT2D eigenvalue weighted by molar-refractivity contribution is 5.70. The van der Waals surface area contributed by atoms with Gasteiger partial charge in [0, 0.05) is 0 Å². The first kappa shape index (κ1) is 13.1. The Morgan fingerprint density at radius 1 is 1.28 bits per heavy atom. The smallest absolute Gasteiger partial charge is 0.308 e. The summed E-state index contributed by atoms with van der Waals surface area (Å²) >= 11 is 0. The van der Waals surface area contributed by atoms with Crippen LogP contribution in [-0.2, 0) is 19.0 Å². The Balaban J connectivity index is 2.18. The quantitative estimate of drug-likeness (QED) is 0.773. The van der Waals surface area contributed by atoms with Gasteiger partial charge < -0.3 is 14.2 Å². The fourth-order valence-electron chi connectivity index (χ4n) is 2.16. The normalized spacial score (nSPS) is 25.9. The van der Waals surface area contributed by atoms with Gasteiger partial charge in [-0.2, -0.15) is 0 Å². The Bertz CT molecular complexity index is 413. The predicted molar refractivity (Wildman–Crippen MR) is 65.9 cm³/mol. The number of methoxy groups -OCH3 is 1. The minimum Gasteiger partial charge on any atom is -0.469 e. The summed E-state index contributed by atoms with van der Waals surface area (Å²) in [6.07, 6.45) is -0.352. The molecule has 1 fully saturated rings. The van der Waals surface area contributed by atoms with Gasteiger partial charge in [-0.25, -0.2) is 0 Å². The van der Waals surface area contributed by atoms with Crippen molar-refractivity contribution in [1.82, 2.24) is 0 Å². The second-order valence-corrected chi connectivity index (χ2v) is 4.79. The number of carbonyl (C=O) groups is 1. The Kier molecular flexibility index (Phi) is 3.68. The summed E-state index contributed by atoms with van der Waals surface area (Å²) in [5.41, 5.74) is 1.01. The van der Waals surface area contributed by atoms with Gasteiger partial charge in [0.15, 0.2) is 5.79 Å². The van der Waals surface area contributed by atoms with E-state index in [4.69, 9.17) is 14.2 Å². The molecular formula is C14H18O4. The Morgan fingerprint density at radius 3 is 2.56 bits per heavy atom. The number of hydrogen-bond donors (Lipinski definition) is 0. The van der Waals surface area contributed by atoms with Crippen LogP contribution in [0.25, 0.3) is 0 Å². The van der Waals surface area contributed by atoms with Crippen LogP contribution in [0, 0.1) is 0 Å². The van der Waals surface area contributed by atoms with Crippen LogP contribution in [0.4, 0.5) is 0 Å². The van der Waals surface area contributed by atoms with Crippen molar-refractivity contribution in [1.29, 1.82) is 0 Å². The van der Waals surface area contributed by atoms with Crippen LogP contribution in [-0.4, -0.2) is 25.0 Å². The molecular weight excluding hydrogens is 232 g/mol. The van der Waals surface area contributed by atoms with E-state index in [0.717, 1.165) is 5.56 Å².